The highest BCUT2D eigenvalue weighted by atomic mass is 14.5. The number of rotatable bonds is 0. The molecular formula is C19H26. The van der Waals surface area contributed by atoms with Crippen LogP contribution in [0.5, 0.6) is 0 Å². The van der Waals surface area contributed by atoms with Gasteiger partial charge in [-0.05, 0) is 78.7 Å². The van der Waals surface area contributed by atoms with Crippen LogP contribution in [-0.4, -0.2) is 0 Å². The van der Waals surface area contributed by atoms with Crippen LogP contribution in [-0.2, 0) is 6.42 Å². The van der Waals surface area contributed by atoms with Crippen LogP contribution in [0.1, 0.15) is 56.6 Å². The number of hydrogen-bond donors (Lipinski definition) is 0. The fourth-order valence-electron chi connectivity index (χ4n) is 5.73. The molecule has 2 saturated carbocycles. The Kier molecular flexibility index (Phi) is 2.76. The van der Waals surface area contributed by atoms with E-state index in [1.54, 1.807) is 11.1 Å². The molecule has 4 rings (SSSR count). The lowest BCUT2D eigenvalue weighted by Gasteiger charge is -2.45. The molecule has 6 atom stereocenters. The minimum absolute atomic E-state index is 0.892. The molecule has 102 valence electrons. The summed E-state index contributed by atoms with van der Waals surface area (Å²) in [5.41, 5.74) is 3.37. The van der Waals surface area contributed by atoms with Crippen molar-refractivity contribution in [1.82, 2.24) is 0 Å². The molecule has 0 nitrogen and oxygen atoms in total. The van der Waals surface area contributed by atoms with E-state index in [0.29, 0.717) is 0 Å². The summed E-state index contributed by atoms with van der Waals surface area (Å²) in [7, 11) is 0. The Morgan fingerprint density at radius 1 is 0.895 bits per heavy atom. The van der Waals surface area contributed by atoms with Crippen LogP contribution in [0, 0.1) is 29.6 Å². The van der Waals surface area contributed by atoms with Crippen LogP contribution in [0.4, 0.5) is 0 Å². The van der Waals surface area contributed by atoms with Crippen LogP contribution in [0.3, 0.4) is 0 Å². The fourth-order valence-corrected chi connectivity index (χ4v) is 5.73. The van der Waals surface area contributed by atoms with Gasteiger partial charge in [-0.15, -0.1) is 0 Å². The zero-order chi connectivity index (χ0) is 13.0. The van der Waals surface area contributed by atoms with E-state index in [9.17, 15) is 0 Å². The molecule has 0 aliphatic heterocycles. The maximum atomic E-state index is 2.52. The van der Waals surface area contributed by atoms with Gasteiger partial charge in [-0.1, -0.05) is 38.1 Å². The Hall–Kier alpha value is -0.780. The van der Waals surface area contributed by atoms with Crippen LogP contribution >= 0.6 is 0 Å². The lowest BCUT2D eigenvalue weighted by molar-refractivity contribution is 0.119. The van der Waals surface area contributed by atoms with Crippen LogP contribution < -0.4 is 0 Å². The summed E-state index contributed by atoms with van der Waals surface area (Å²) in [6.45, 7) is 5.02. The first-order valence-corrected chi connectivity index (χ1v) is 8.33. The molecule has 0 spiro atoms. The first-order chi connectivity index (χ1) is 9.25. The Bertz CT molecular complexity index is 475. The summed E-state index contributed by atoms with van der Waals surface area (Å²) in [5.74, 6) is 5.91. The SMILES string of the molecule is CC1CC2C3CCc4ccccc4C3CCC2C1C. The molecule has 6 unspecified atom stereocenters. The van der Waals surface area contributed by atoms with Gasteiger partial charge in [0.15, 0.2) is 0 Å². The topological polar surface area (TPSA) is 0 Å². The average molecular weight is 254 g/mol. The van der Waals surface area contributed by atoms with E-state index >= 15 is 0 Å². The Morgan fingerprint density at radius 3 is 2.63 bits per heavy atom. The number of benzene rings is 1. The quantitative estimate of drug-likeness (QED) is 0.609. The molecule has 3 aliphatic carbocycles. The third kappa shape index (κ3) is 1.72. The minimum atomic E-state index is 0.892. The fraction of sp³-hybridized carbons (Fsp3) is 0.684. The van der Waals surface area contributed by atoms with Crippen molar-refractivity contribution < 1.29 is 0 Å². The third-order valence-corrected chi connectivity index (χ3v) is 6.85. The molecule has 3 aliphatic rings. The van der Waals surface area contributed by atoms with Gasteiger partial charge >= 0.3 is 0 Å². The van der Waals surface area contributed by atoms with Crippen LogP contribution in [0.25, 0.3) is 0 Å². The van der Waals surface area contributed by atoms with Gasteiger partial charge in [-0.3, -0.25) is 0 Å². The highest BCUT2D eigenvalue weighted by molar-refractivity contribution is 5.34. The number of aryl methyl sites for hydroxylation is 1. The largest absolute Gasteiger partial charge is 0.0622 e. The molecule has 0 heterocycles. The predicted molar refractivity (Wildman–Crippen MR) is 80.2 cm³/mol. The zero-order valence-corrected chi connectivity index (χ0v) is 12.3. The number of hydrogen-bond acceptors (Lipinski definition) is 0. The van der Waals surface area contributed by atoms with Crippen molar-refractivity contribution in [2.24, 2.45) is 29.6 Å². The second-order valence-electron chi connectivity index (χ2n) is 7.48. The van der Waals surface area contributed by atoms with Gasteiger partial charge in [0.05, 0.1) is 0 Å². The van der Waals surface area contributed by atoms with E-state index in [1.807, 2.05) is 0 Å². The molecule has 19 heavy (non-hydrogen) atoms. The summed E-state index contributed by atoms with van der Waals surface area (Å²) < 4.78 is 0. The lowest BCUT2D eigenvalue weighted by Crippen LogP contribution is -2.35. The molecule has 1 aromatic carbocycles. The molecule has 0 radical (unpaired) electrons. The monoisotopic (exact) mass is 254 g/mol. The highest BCUT2D eigenvalue weighted by Gasteiger charge is 2.48. The molecule has 0 N–H and O–H groups in total. The summed E-state index contributed by atoms with van der Waals surface area (Å²) in [6, 6.07) is 9.28. The first-order valence-electron chi connectivity index (χ1n) is 8.33. The lowest BCUT2D eigenvalue weighted by atomic mass is 9.60. The van der Waals surface area contributed by atoms with E-state index in [1.165, 1.54) is 32.1 Å². The van der Waals surface area contributed by atoms with E-state index in [-0.39, 0.29) is 0 Å². The second kappa shape index (κ2) is 4.36. The van der Waals surface area contributed by atoms with E-state index in [4.69, 9.17) is 0 Å². The smallest absolute Gasteiger partial charge is 0.0128 e. The van der Waals surface area contributed by atoms with Crippen molar-refractivity contribution in [3.63, 3.8) is 0 Å². The summed E-state index contributed by atoms with van der Waals surface area (Å²) in [5, 5.41) is 0. The maximum absolute atomic E-state index is 2.52. The molecular weight excluding hydrogens is 228 g/mol. The Balaban J connectivity index is 1.68. The summed E-state index contributed by atoms with van der Waals surface area (Å²) >= 11 is 0. The molecule has 0 aromatic heterocycles. The minimum Gasteiger partial charge on any atom is -0.0622 e. The maximum Gasteiger partial charge on any atom is -0.0128 e. The normalized spacial score (nSPS) is 44.3. The van der Waals surface area contributed by atoms with Gasteiger partial charge in [-0.2, -0.15) is 0 Å². The zero-order valence-electron chi connectivity index (χ0n) is 12.3. The van der Waals surface area contributed by atoms with Crippen molar-refractivity contribution in [2.75, 3.05) is 0 Å². The van der Waals surface area contributed by atoms with E-state index in [2.05, 4.69) is 38.1 Å². The van der Waals surface area contributed by atoms with Gasteiger partial charge in [0.2, 0.25) is 0 Å². The van der Waals surface area contributed by atoms with Crippen LogP contribution in [0.2, 0.25) is 0 Å². The molecule has 0 saturated heterocycles. The van der Waals surface area contributed by atoms with Crippen molar-refractivity contribution in [1.29, 1.82) is 0 Å². The summed E-state index contributed by atoms with van der Waals surface area (Å²) in [6.07, 6.45) is 7.26. The molecule has 0 bridgehead atoms. The Labute approximate surface area is 117 Å². The number of fused-ring (bicyclic) bond motifs is 5. The predicted octanol–water partition coefficient (Wildman–Crippen LogP) is 5.03. The molecule has 0 amide bonds. The molecule has 0 heteroatoms. The molecule has 1 aromatic rings. The third-order valence-electron chi connectivity index (χ3n) is 6.85. The van der Waals surface area contributed by atoms with E-state index < -0.39 is 0 Å². The van der Waals surface area contributed by atoms with Gasteiger partial charge < -0.3 is 0 Å². The van der Waals surface area contributed by atoms with Gasteiger partial charge in [0.1, 0.15) is 0 Å². The first kappa shape index (κ1) is 12.0. The average Bonchev–Trinajstić information content (AvgIpc) is 2.74. The second-order valence-corrected chi connectivity index (χ2v) is 7.48. The van der Waals surface area contributed by atoms with Crippen molar-refractivity contribution >= 4 is 0 Å². The van der Waals surface area contributed by atoms with E-state index in [0.717, 1.165) is 35.5 Å². The van der Waals surface area contributed by atoms with Gasteiger partial charge in [0, 0.05) is 0 Å². The van der Waals surface area contributed by atoms with Crippen molar-refractivity contribution in [3.05, 3.63) is 35.4 Å². The summed E-state index contributed by atoms with van der Waals surface area (Å²) in [4.78, 5) is 0. The van der Waals surface area contributed by atoms with Crippen LogP contribution in [0.15, 0.2) is 24.3 Å². The molecule has 2 fully saturated rings. The van der Waals surface area contributed by atoms with Gasteiger partial charge in [0.25, 0.3) is 0 Å². The van der Waals surface area contributed by atoms with Gasteiger partial charge in [-0.25, -0.2) is 0 Å². The van der Waals surface area contributed by atoms with Crippen molar-refractivity contribution in [3.8, 4) is 0 Å². The standard InChI is InChI=1S/C19H26/c1-12-11-19-15(13(12)2)9-10-17-16-6-4-3-5-14(16)7-8-18(17)19/h3-6,12-13,15,17-19H,7-11H2,1-2H3. The highest BCUT2D eigenvalue weighted by Crippen LogP contribution is 2.57. The van der Waals surface area contributed by atoms with Crippen molar-refractivity contribution in [2.45, 2.75) is 51.9 Å². The Morgan fingerprint density at radius 2 is 1.74 bits per heavy atom.